The van der Waals surface area contributed by atoms with E-state index >= 15 is 0 Å². The second-order valence-corrected chi connectivity index (χ2v) is 8.59. The van der Waals surface area contributed by atoms with Crippen LogP contribution in [0.4, 0.5) is 0 Å². The lowest BCUT2D eigenvalue weighted by Crippen LogP contribution is -2.47. The van der Waals surface area contributed by atoms with Crippen LogP contribution in [-0.2, 0) is 9.59 Å². The molecule has 3 aliphatic rings. The summed E-state index contributed by atoms with van der Waals surface area (Å²) < 4.78 is 0. The fraction of sp³-hybridized carbons (Fsp3) is 0.652. The smallest absolute Gasteiger partial charge is 0.225 e. The molecule has 0 aromatic heterocycles. The Morgan fingerprint density at radius 1 is 0.667 bits per heavy atom. The van der Waals surface area contributed by atoms with Crippen molar-refractivity contribution in [1.29, 1.82) is 0 Å². The standard InChI is InChI=1S/C23H32N2O2/c26-22(20-8-4-5-9-20)25-16-12-21(13-17-25)23(27)24-14-10-19(11-15-24)18-6-2-1-3-7-18/h1-3,6-7,19-21H,4-5,8-17H2. The number of nitrogens with zero attached hydrogens (tertiary/aromatic N) is 2. The van der Waals surface area contributed by atoms with Crippen LogP contribution in [0, 0.1) is 11.8 Å². The van der Waals surface area contributed by atoms with Gasteiger partial charge in [-0.25, -0.2) is 0 Å². The zero-order valence-corrected chi connectivity index (χ0v) is 16.3. The highest BCUT2D eigenvalue weighted by atomic mass is 16.2. The van der Waals surface area contributed by atoms with Crippen molar-refractivity contribution < 1.29 is 9.59 Å². The third-order valence-electron chi connectivity index (χ3n) is 6.94. The van der Waals surface area contributed by atoms with E-state index in [-0.39, 0.29) is 11.8 Å². The average molecular weight is 369 g/mol. The normalized spacial score (nSPS) is 23.0. The number of amides is 2. The summed E-state index contributed by atoms with van der Waals surface area (Å²) in [5.41, 5.74) is 1.41. The van der Waals surface area contributed by atoms with Crippen molar-refractivity contribution in [3.8, 4) is 0 Å². The highest BCUT2D eigenvalue weighted by Gasteiger charge is 2.34. The first-order chi connectivity index (χ1) is 13.2. The summed E-state index contributed by atoms with van der Waals surface area (Å²) in [4.78, 5) is 29.6. The lowest BCUT2D eigenvalue weighted by Gasteiger charge is -2.38. The summed E-state index contributed by atoms with van der Waals surface area (Å²) in [6.07, 6.45) is 8.34. The third-order valence-corrected chi connectivity index (χ3v) is 6.94. The average Bonchev–Trinajstić information content (AvgIpc) is 3.28. The molecule has 1 aromatic rings. The van der Waals surface area contributed by atoms with Gasteiger partial charge in [-0.15, -0.1) is 0 Å². The van der Waals surface area contributed by atoms with Gasteiger partial charge in [0.2, 0.25) is 11.8 Å². The van der Waals surface area contributed by atoms with Gasteiger partial charge in [0.05, 0.1) is 0 Å². The molecule has 2 saturated heterocycles. The van der Waals surface area contributed by atoms with E-state index in [4.69, 9.17) is 0 Å². The number of hydrogen-bond donors (Lipinski definition) is 0. The van der Waals surface area contributed by atoms with Crippen molar-refractivity contribution in [3.05, 3.63) is 35.9 Å². The number of carbonyl (C=O) groups excluding carboxylic acids is 2. The largest absolute Gasteiger partial charge is 0.342 e. The molecule has 0 spiro atoms. The summed E-state index contributed by atoms with van der Waals surface area (Å²) >= 11 is 0. The number of hydrogen-bond acceptors (Lipinski definition) is 2. The van der Waals surface area contributed by atoms with E-state index in [1.165, 1.54) is 18.4 Å². The minimum absolute atomic E-state index is 0.117. The molecule has 1 aromatic carbocycles. The van der Waals surface area contributed by atoms with Gasteiger partial charge in [0.15, 0.2) is 0 Å². The maximum Gasteiger partial charge on any atom is 0.225 e. The van der Waals surface area contributed by atoms with Gasteiger partial charge in [0, 0.05) is 38.0 Å². The number of rotatable bonds is 3. The SMILES string of the molecule is O=C(C1CCCC1)N1CCC(C(=O)N2CCC(c3ccccc3)CC2)CC1. The lowest BCUT2D eigenvalue weighted by molar-refractivity contribution is -0.143. The quantitative estimate of drug-likeness (QED) is 0.814. The first-order valence-electron chi connectivity index (χ1n) is 10.8. The summed E-state index contributed by atoms with van der Waals surface area (Å²) in [6, 6.07) is 10.7. The number of likely N-dealkylation sites (tertiary alicyclic amines) is 2. The van der Waals surface area contributed by atoms with Crippen molar-refractivity contribution in [2.75, 3.05) is 26.2 Å². The topological polar surface area (TPSA) is 40.6 Å². The Hall–Kier alpha value is -1.84. The number of piperidine rings is 2. The first kappa shape index (κ1) is 18.5. The molecule has 2 aliphatic heterocycles. The van der Waals surface area contributed by atoms with E-state index in [1.807, 2.05) is 4.90 Å². The summed E-state index contributed by atoms with van der Waals surface area (Å²) in [5, 5.41) is 0. The van der Waals surface area contributed by atoms with Crippen molar-refractivity contribution in [3.63, 3.8) is 0 Å². The van der Waals surface area contributed by atoms with Crippen LogP contribution in [0.5, 0.6) is 0 Å². The van der Waals surface area contributed by atoms with Crippen LogP contribution in [-0.4, -0.2) is 47.8 Å². The van der Waals surface area contributed by atoms with Crippen molar-refractivity contribution in [1.82, 2.24) is 9.80 Å². The molecular formula is C23H32N2O2. The lowest BCUT2D eigenvalue weighted by atomic mass is 9.88. The molecule has 0 atom stereocenters. The van der Waals surface area contributed by atoms with E-state index in [9.17, 15) is 9.59 Å². The highest BCUT2D eigenvalue weighted by Crippen LogP contribution is 2.31. The fourth-order valence-corrected chi connectivity index (χ4v) is 5.19. The predicted octanol–water partition coefficient (Wildman–Crippen LogP) is 3.82. The molecule has 3 fully saturated rings. The summed E-state index contributed by atoms with van der Waals surface area (Å²) in [5.74, 6) is 1.64. The zero-order chi connectivity index (χ0) is 18.6. The van der Waals surface area contributed by atoms with Crippen LogP contribution < -0.4 is 0 Å². The maximum absolute atomic E-state index is 13.0. The predicted molar refractivity (Wildman–Crippen MR) is 106 cm³/mol. The van der Waals surface area contributed by atoms with Crippen molar-refractivity contribution in [2.45, 2.75) is 57.3 Å². The van der Waals surface area contributed by atoms with Gasteiger partial charge >= 0.3 is 0 Å². The molecule has 4 nitrogen and oxygen atoms in total. The Balaban J connectivity index is 1.24. The Kier molecular flexibility index (Phi) is 5.80. The minimum Gasteiger partial charge on any atom is -0.342 e. The van der Waals surface area contributed by atoms with Crippen LogP contribution in [0.3, 0.4) is 0 Å². The Morgan fingerprint density at radius 2 is 1.15 bits per heavy atom. The molecule has 0 radical (unpaired) electrons. The van der Waals surface area contributed by atoms with Gasteiger partial charge in [-0.2, -0.15) is 0 Å². The summed E-state index contributed by atoms with van der Waals surface area (Å²) in [7, 11) is 0. The van der Waals surface area contributed by atoms with Gasteiger partial charge in [-0.3, -0.25) is 9.59 Å². The zero-order valence-electron chi connectivity index (χ0n) is 16.3. The molecular weight excluding hydrogens is 336 g/mol. The molecule has 2 amide bonds. The molecule has 0 N–H and O–H groups in total. The second kappa shape index (κ2) is 8.45. The molecule has 4 rings (SSSR count). The molecule has 2 heterocycles. The Bertz CT molecular complexity index is 638. The number of carbonyl (C=O) groups is 2. The monoisotopic (exact) mass is 368 g/mol. The van der Waals surface area contributed by atoms with Crippen LogP contribution >= 0.6 is 0 Å². The molecule has 0 unspecified atom stereocenters. The van der Waals surface area contributed by atoms with Gasteiger partial charge in [-0.05, 0) is 50.0 Å². The Labute approximate surface area is 162 Å². The number of benzene rings is 1. The molecule has 1 aliphatic carbocycles. The highest BCUT2D eigenvalue weighted by molar-refractivity contribution is 5.81. The first-order valence-corrected chi connectivity index (χ1v) is 10.8. The van der Waals surface area contributed by atoms with Gasteiger partial charge in [0.1, 0.15) is 0 Å². The third kappa shape index (κ3) is 4.20. The van der Waals surface area contributed by atoms with Crippen LogP contribution in [0.25, 0.3) is 0 Å². The molecule has 27 heavy (non-hydrogen) atoms. The fourth-order valence-electron chi connectivity index (χ4n) is 5.19. The van der Waals surface area contributed by atoms with E-state index in [0.717, 1.165) is 64.7 Å². The van der Waals surface area contributed by atoms with Crippen LogP contribution in [0.15, 0.2) is 30.3 Å². The van der Waals surface area contributed by atoms with Crippen LogP contribution in [0.2, 0.25) is 0 Å². The molecule has 146 valence electrons. The van der Waals surface area contributed by atoms with Gasteiger partial charge in [0.25, 0.3) is 0 Å². The van der Waals surface area contributed by atoms with E-state index < -0.39 is 0 Å². The maximum atomic E-state index is 13.0. The Morgan fingerprint density at radius 3 is 1.70 bits per heavy atom. The summed E-state index contributed by atoms with van der Waals surface area (Å²) in [6.45, 7) is 3.29. The van der Waals surface area contributed by atoms with Gasteiger partial charge in [-0.1, -0.05) is 43.2 Å². The van der Waals surface area contributed by atoms with E-state index in [1.54, 1.807) is 0 Å². The van der Waals surface area contributed by atoms with E-state index in [0.29, 0.717) is 17.7 Å². The minimum atomic E-state index is 0.117. The van der Waals surface area contributed by atoms with Gasteiger partial charge < -0.3 is 9.80 Å². The molecule has 1 saturated carbocycles. The van der Waals surface area contributed by atoms with Crippen LogP contribution in [0.1, 0.15) is 62.8 Å². The molecule has 0 bridgehead atoms. The van der Waals surface area contributed by atoms with Crippen molar-refractivity contribution in [2.24, 2.45) is 11.8 Å². The van der Waals surface area contributed by atoms with Crippen molar-refractivity contribution >= 4 is 11.8 Å². The van der Waals surface area contributed by atoms with E-state index in [2.05, 4.69) is 35.2 Å². The molecule has 4 heteroatoms. The second-order valence-electron chi connectivity index (χ2n) is 8.59.